The highest BCUT2D eigenvalue weighted by Crippen LogP contribution is 2.36. The molecule has 0 radical (unpaired) electrons. The van der Waals surface area contributed by atoms with E-state index >= 15 is 0 Å². The Kier molecular flexibility index (Phi) is 4.85. The third-order valence-corrected chi connectivity index (χ3v) is 4.89. The Morgan fingerprint density at radius 1 is 1.29 bits per heavy atom. The molecule has 1 N–H and O–H groups in total. The van der Waals surface area contributed by atoms with E-state index in [0.29, 0.717) is 12.1 Å². The van der Waals surface area contributed by atoms with Crippen LogP contribution >= 0.6 is 11.6 Å². The first-order chi connectivity index (χ1) is 10.2. The zero-order valence-corrected chi connectivity index (χ0v) is 13.4. The second-order valence-electron chi connectivity index (χ2n) is 6.06. The molecule has 1 aromatic carbocycles. The summed E-state index contributed by atoms with van der Waals surface area (Å²) in [6, 6.07) is 9.08. The predicted octanol–water partition coefficient (Wildman–Crippen LogP) is 4.07. The Morgan fingerprint density at radius 2 is 2.00 bits per heavy atom. The van der Waals surface area contributed by atoms with E-state index in [1.54, 1.807) is 0 Å². The van der Waals surface area contributed by atoms with Crippen molar-refractivity contribution in [2.75, 3.05) is 13.2 Å². The molecule has 1 saturated heterocycles. The molecule has 1 aromatic rings. The average molecular weight is 310 g/mol. The van der Waals surface area contributed by atoms with Gasteiger partial charge in [-0.1, -0.05) is 30.7 Å². The van der Waals surface area contributed by atoms with Gasteiger partial charge >= 0.3 is 0 Å². The smallest absolute Gasteiger partial charge is 0.168 e. The van der Waals surface area contributed by atoms with E-state index in [4.69, 9.17) is 21.1 Å². The van der Waals surface area contributed by atoms with Crippen molar-refractivity contribution >= 4 is 11.6 Å². The molecule has 0 aromatic heterocycles. The van der Waals surface area contributed by atoms with Crippen molar-refractivity contribution in [2.24, 2.45) is 0 Å². The number of rotatable bonds is 4. The van der Waals surface area contributed by atoms with Crippen LogP contribution in [0, 0.1) is 0 Å². The average Bonchev–Trinajstić information content (AvgIpc) is 2.95. The Labute approximate surface area is 132 Å². The molecule has 1 aliphatic carbocycles. The molecular formula is C17H24ClNO2. The molecule has 21 heavy (non-hydrogen) atoms. The highest BCUT2D eigenvalue weighted by atomic mass is 35.5. The van der Waals surface area contributed by atoms with Gasteiger partial charge in [0.05, 0.1) is 13.2 Å². The molecule has 3 nitrogen and oxygen atoms in total. The van der Waals surface area contributed by atoms with Gasteiger partial charge in [-0.2, -0.15) is 0 Å². The molecule has 0 amide bonds. The molecule has 1 heterocycles. The van der Waals surface area contributed by atoms with Gasteiger partial charge in [0.15, 0.2) is 5.79 Å². The first kappa shape index (κ1) is 15.3. The Bertz CT molecular complexity index is 464. The summed E-state index contributed by atoms with van der Waals surface area (Å²) in [4.78, 5) is 0. The monoisotopic (exact) mass is 309 g/mol. The summed E-state index contributed by atoms with van der Waals surface area (Å²) < 4.78 is 11.6. The van der Waals surface area contributed by atoms with Gasteiger partial charge in [0.25, 0.3) is 0 Å². The molecule has 0 bridgehead atoms. The lowest BCUT2D eigenvalue weighted by Crippen LogP contribution is -2.43. The fourth-order valence-corrected chi connectivity index (χ4v) is 3.67. The van der Waals surface area contributed by atoms with Gasteiger partial charge in [-0.25, -0.2) is 0 Å². The van der Waals surface area contributed by atoms with Crippen molar-refractivity contribution in [2.45, 2.75) is 56.9 Å². The van der Waals surface area contributed by atoms with Crippen LogP contribution in [0.5, 0.6) is 0 Å². The van der Waals surface area contributed by atoms with Crippen molar-refractivity contribution in [1.82, 2.24) is 5.32 Å². The third-order valence-electron chi connectivity index (χ3n) is 4.66. The summed E-state index contributed by atoms with van der Waals surface area (Å²) >= 11 is 6.11. The standard InChI is InChI=1S/C17H24ClNO2/c1-2-16(13-4-3-5-14(18)12-13)19-15-6-8-17(9-7-15)20-10-11-21-17/h3-5,12,15-16,19H,2,6-11H2,1H3. The summed E-state index contributed by atoms with van der Waals surface area (Å²) in [7, 11) is 0. The second-order valence-corrected chi connectivity index (χ2v) is 6.50. The van der Waals surface area contributed by atoms with Gasteiger partial charge in [-0.05, 0) is 37.0 Å². The van der Waals surface area contributed by atoms with Crippen LogP contribution in [-0.2, 0) is 9.47 Å². The molecule has 1 atom stereocenters. The van der Waals surface area contributed by atoms with Crippen molar-refractivity contribution < 1.29 is 9.47 Å². The molecule has 2 aliphatic rings. The van der Waals surface area contributed by atoms with Crippen LogP contribution in [-0.4, -0.2) is 25.0 Å². The zero-order chi connectivity index (χ0) is 14.7. The van der Waals surface area contributed by atoms with Gasteiger partial charge in [0.2, 0.25) is 0 Å². The topological polar surface area (TPSA) is 30.5 Å². The molecular weight excluding hydrogens is 286 g/mol. The summed E-state index contributed by atoms with van der Waals surface area (Å²) in [5.41, 5.74) is 1.28. The zero-order valence-electron chi connectivity index (χ0n) is 12.6. The highest BCUT2D eigenvalue weighted by Gasteiger charge is 2.40. The molecule has 3 rings (SSSR count). The van der Waals surface area contributed by atoms with Crippen molar-refractivity contribution in [3.63, 3.8) is 0 Å². The van der Waals surface area contributed by atoms with Crippen molar-refractivity contribution in [3.8, 4) is 0 Å². The van der Waals surface area contributed by atoms with Gasteiger partial charge in [0.1, 0.15) is 0 Å². The summed E-state index contributed by atoms with van der Waals surface area (Å²) in [5, 5.41) is 4.59. The van der Waals surface area contributed by atoms with E-state index in [2.05, 4.69) is 24.4 Å². The molecule has 1 unspecified atom stereocenters. The fourth-order valence-electron chi connectivity index (χ4n) is 3.47. The first-order valence-electron chi connectivity index (χ1n) is 8.00. The Morgan fingerprint density at radius 3 is 2.62 bits per heavy atom. The maximum Gasteiger partial charge on any atom is 0.168 e. The highest BCUT2D eigenvalue weighted by molar-refractivity contribution is 6.30. The van der Waals surface area contributed by atoms with E-state index in [1.165, 1.54) is 5.56 Å². The molecule has 1 spiro atoms. The Hall–Kier alpha value is -0.610. The third kappa shape index (κ3) is 3.59. The molecule has 2 fully saturated rings. The van der Waals surface area contributed by atoms with E-state index in [0.717, 1.165) is 50.3 Å². The van der Waals surface area contributed by atoms with Crippen LogP contribution in [0.4, 0.5) is 0 Å². The van der Waals surface area contributed by atoms with Gasteiger partial charge in [-0.15, -0.1) is 0 Å². The minimum absolute atomic E-state index is 0.268. The quantitative estimate of drug-likeness (QED) is 0.909. The number of hydrogen-bond acceptors (Lipinski definition) is 3. The van der Waals surface area contributed by atoms with Crippen molar-refractivity contribution in [3.05, 3.63) is 34.9 Å². The number of hydrogen-bond donors (Lipinski definition) is 1. The summed E-state index contributed by atoms with van der Waals surface area (Å²) in [5.74, 6) is -0.268. The van der Waals surface area contributed by atoms with Crippen LogP contribution in [0.15, 0.2) is 24.3 Å². The normalized spacial score (nSPS) is 23.5. The number of nitrogens with one attached hydrogen (secondary N) is 1. The van der Waals surface area contributed by atoms with Crippen molar-refractivity contribution in [1.29, 1.82) is 0 Å². The molecule has 1 saturated carbocycles. The van der Waals surface area contributed by atoms with Gasteiger partial charge < -0.3 is 14.8 Å². The summed E-state index contributed by atoms with van der Waals surface area (Å²) in [6.07, 6.45) is 5.27. The molecule has 4 heteroatoms. The van der Waals surface area contributed by atoms with Crippen LogP contribution in [0.25, 0.3) is 0 Å². The molecule has 1 aliphatic heterocycles. The SMILES string of the molecule is CCC(NC1CCC2(CC1)OCCO2)c1cccc(Cl)c1. The van der Waals surface area contributed by atoms with E-state index in [-0.39, 0.29) is 5.79 Å². The number of benzene rings is 1. The maximum absolute atomic E-state index is 6.11. The minimum atomic E-state index is -0.268. The van der Waals surface area contributed by atoms with Crippen LogP contribution in [0.1, 0.15) is 50.6 Å². The Balaban J connectivity index is 1.58. The van der Waals surface area contributed by atoms with Crippen LogP contribution < -0.4 is 5.32 Å². The lowest BCUT2D eigenvalue weighted by Gasteiger charge is -2.37. The summed E-state index contributed by atoms with van der Waals surface area (Å²) in [6.45, 7) is 3.71. The van der Waals surface area contributed by atoms with Gasteiger partial charge in [-0.3, -0.25) is 0 Å². The largest absolute Gasteiger partial charge is 0.348 e. The van der Waals surface area contributed by atoms with E-state index < -0.39 is 0 Å². The maximum atomic E-state index is 6.11. The lowest BCUT2D eigenvalue weighted by atomic mass is 9.89. The number of ether oxygens (including phenoxy) is 2. The predicted molar refractivity (Wildman–Crippen MR) is 84.5 cm³/mol. The first-order valence-corrected chi connectivity index (χ1v) is 8.38. The molecule has 116 valence electrons. The number of halogens is 1. The minimum Gasteiger partial charge on any atom is -0.348 e. The lowest BCUT2D eigenvalue weighted by molar-refractivity contribution is -0.179. The van der Waals surface area contributed by atoms with Gasteiger partial charge in [0, 0.05) is 29.9 Å². The van der Waals surface area contributed by atoms with E-state index in [9.17, 15) is 0 Å². The second kappa shape index (κ2) is 6.66. The fraction of sp³-hybridized carbons (Fsp3) is 0.647. The van der Waals surface area contributed by atoms with Crippen LogP contribution in [0.3, 0.4) is 0 Å². The van der Waals surface area contributed by atoms with Crippen LogP contribution in [0.2, 0.25) is 5.02 Å². The van der Waals surface area contributed by atoms with E-state index in [1.807, 2.05) is 12.1 Å².